The van der Waals surface area contributed by atoms with E-state index in [1.165, 1.54) is 23.2 Å². The van der Waals surface area contributed by atoms with Crippen molar-refractivity contribution in [1.82, 2.24) is 19.5 Å². The zero-order valence-electron chi connectivity index (χ0n) is 11.6. The Kier molecular flexibility index (Phi) is 3.73. The molecule has 5 nitrogen and oxygen atoms in total. The Bertz CT molecular complexity index is 781. The van der Waals surface area contributed by atoms with Crippen LogP contribution in [0.1, 0.15) is 17.9 Å². The standard InChI is InChI=1S/C14H14ClN5S/c1-8(21-14-18-12(15)6-13(16)19-14)10-5-9-3-4-20(2)11(9)7-17-10/h3-8H,1-2H3,(H2,16,18,19). The summed E-state index contributed by atoms with van der Waals surface area (Å²) < 4.78 is 2.05. The van der Waals surface area contributed by atoms with Crippen LogP contribution in [0, 0.1) is 0 Å². The van der Waals surface area contributed by atoms with Gasteiger partial charge in [0.25, 0.3) is 0 Å². The summed E-state index contributed by atoms with van der Waals surface area (Å²) in [5.74, 6) is 0.371. The van der Waals surface area contributed by atoms with Gasteiger partial charge in [-0.05, 0) is 19.1 Å². The van der Waals surface area contributed by atoms with Gasteiger partial charge in [-0.25, -0.2) is 9.97 Å². The summed E-state index contributed by atoms with van der Waals surface area (Å²) in [6, 6.07) is 5.69. The van der Waals surface area contributed by atoms with Crippen LogP contribution in [0.2, 0.25) is 5.15 Å². The number of nitrogen functional groups attached to an aromatic ring is 1. The highest BCUT2D eigenvalue weighted by Gasteiger charge is 2.13. The van der Waals surface area contributed by atoms with E-state index in [0.29, 0.717) is 16.1 Å². The molecule has 108 valence electrons. The highest BCUT2D eigenvalue weighted by molar-refractivity contribution is 7.99. The molecule has 0 spiro atoms. The zero-order chi connectivity index (χ0) is 15.0. The Morgan fingerprint density at radius 2 is 2.14 bits per heavy atom. The van der Waals surface area contributed by atoms with Crippen molar-refractivity contribution >= 4 is 40.1 Å². The summed E-state index contributed by atoms with van der Waals surface area (Å²) in [6.45, 7) is 2.06. The van der Waals surface area contributed by atoms with Crippen LogP contribution in [0.15, 0.2) is 35.7 Å². The fourth-order valence-electron chi connectivity index (χ4n) is 2.09. The van der Waals surface area contributed by atoms with Crippen molar-refractivity contribution in [2.75, 3.05) is 5.73 Å². The largest absolute Gasteiger partial charge is 0.384 e. The average molecular weight is 320 g/mol. The van der Waals surface area contributed by atoms with E-state index in [2.05, 4.69) is 34.0 Å². The normalized spacial score (nSPS) is 12.7. The molecule has 1 unspecified atom stereocenters. The molecule has 3 aromatic heterocycles. The van der Waals surface area contributed by atoms with Gasteiger partial charge in [0.1, 0.15) is 11.0 Å². The molecule has 0 saturated carbocycles. The minimum Gasteiger partial charge on any atom is -0.384 e. The second-order valence-electron chi connectivity index (χ2n) is 4.75. The summed E-state index contributed by atoms with van der Waals surface area (Å²) >= 11 is 7.38. The van der Waals surface area contributed by atoms with Crippen LogP contribution in [0.4, 0.5) is 5.82 Å². The number of aryl methyl sites for hydroxylation is 1. The second kappa shape index (κ2) is 5.54. The number of hydrogen-bond donors (Lipinski definition) is 1. The molecule has 7 heteroatoms. The number of pyridine rings is 1. The third kappa shape index (κ3) is 2.96. The molecule has 0 radical (unpaired) electrons. The van der Waals surface area contributed by atoms with E-state index in [1.807, 2.05) is 24.0 Å². The second-order valence-corrected chi connectivity index (χ2v) is 6.45. The smallest absolute Gasteiger partial charge is 0.191 e. The first-order valence-corrected chi connectivity index (χ1v) is 7.66. The van der Waals surface area contributed by atoms with Gasteiger partial charge in [-0.3, -0.25) is 4.98 Å². The van der Waals surface area contributed by atoms with Gasteiger partial charge in [-0.15, -0.1) is 0 Å². The van der Waals surface area contributed by atoms with Crippen molar-refractivity contribution in [3.63, 3.8) is 0 Å². The highest BCUT2D eigenvalue weighted by Crippen LogP contribution is 2.33. The molecule has 3 rings (SSSR count). The molecular formula is C14H14ClN5S. The summed E-state index contributed by atoms with van der Waals surface area (Å²) in [7, 11) is 2.00. The van der Waals surface area contributed by atoms with Gasteiger partial charge in [0.2, 0.25) is 0 Å². The molecule has 0 amide bonds. The average Bonchev–Trinajstić information content (AvgIpc) is 2.78. The van der Waals surface area contributed by atoms with Crippen molar-refractivity contribution < 1.29 is 0 Å². The topological polar surface area (TPSA) is 69.6 Å². The van der Waals surface area contributed by atoms with Crippen molar-refractivity contribution in [1.29, 1.82) is 0 Å². The predicted octanol–water partition coefficient (Wildman–Crippen LogP) is 3.45. The Hall–Kier alpha value is -1.79. The van der Waals surface area contributed by atoms with Gasteiger partial charge in [-0.1, -0.05) is 23.4 Å². The molecular weight excluding hydrogens is 306 g/mol. The molecule has 1 atom stereocenters. The number of halogens is 1. The quantitative estimate of drug-likeness (QED) is 0.455. The maximum absolute atomic E-state index is 5.90. The molecule has 2 N–H and O–H groups in total. The maximum Gasteiger partial charge on any atom is 0.191 e. The number of hydrogen-bond acceptors (Lipinski definition) is 5. The Balaban J connectivity index is 1.87. The minimum atomic E-state index is 0.104. The molecule has 0 aromatic carbocycles. The molecule has 3 heterocycles. The molecule has 0 saturated heterocycles. The van der Waals surface area contributed by atoms with Crippen molar-refractivity contribution in [2.24, 2.45) is 7.05 Å². The highest BCUT2D eigenvalue weighted by atomic mass is 35.5. The summed E-state index contributed by atoms with van der Waals surface area (Å²) in [5, 5.41) is 2.18. The SMILES string of the molecule is CC(Sc1nc(N)cc(Cl)n1)c1cc2ccn(C)c2cn1. The van der Waals surface area contributed by atoms with Gasteiger partial charge in [-0.2, -0.15) is 0 Å². The molecule has 0 aliphatic carbocycles. The molecule has 0 aliphatic heterocycles. The van der Waals surface area contributed by atoms with Gasteiger partial charge in [0.05, 0.1) is 22.7 Å². The maximum atomic E-state index is 5.90. The number of anilines is 1. The van der Waals surface area contributed by atoms with E-state index < -0.39 is 0 Å². The Morgan fingerprint density at radius 1 is 1.33 bits per heavy atom. The van der Waals surface area contributed by atoms with Gasteiger partial charge in [0.15, 0.2) is 5.16 Å². The number of fused-ring (bicyclic) bond motifs is 1. The van der Waals surface area contributed by atoms with Crippen LogP contribution in [0.3, 0.4) is 0 Å². The third-order valence-electron chi connectivity index (χ3n) is 3.19. The van der Waals surface area contributed by atoms with Crippen LogP contribution >= 0.6 is 23.4 Å². The lowest BCUT2D eigenvalue weighted by Gasteiger charge is -2.10. The monoisotopic (exact) mass is 319 g/mol. The number of aromatic nitrogens is 4. The van der Waals surface area contributed by atoms with Crippen molar-refractivity contribution in [3.05, 3.63) is 41.4 Å². The summed E-state index contributed by atoms with van der Waals surface area (Å²) in [5.41, 5.74) is 7.77. The number of rotatable bonds is 3. The van der Waals surface area contributed by atoms with Gasteiger partial charge >= 0.3 is 0 Å². The fourth-order valence-corrected chi connectivity index (χ4v) is 3.21. The van der Waals surface area contributed by atoms with E-state index in [-0.39, 0.29) is 5.25 Å². The van der Waals surface area contributed by atoms with E-state index in [4.69, 9.17) is 17.3 Å². The zero-order valence-corrected chi connectivity index (χ0v) is 13.2. The first kappa shape index (κ1) is 14.2. The predicted molar refractivity (Wildman–Crippen MR) is 86.4 cm³/mol. The molecule has 0 fully saturated rings. The van der Waals surface area contributed by atoms with Crippen LogP contribution in [-0.2, 0) is 7.05 Å². The minimum absolute atomic E-state index is 0.104. The van der Waals surface area contributed by atoms with E-state index in [0.717, 1.165) is 11.2 Å². The fraction of sp³-hybridized carbons (Fsp3) is 0.214. The van der Waals surface area contributed by atoms with E-state index >= 15 is 0 Å². The number of nitrogens with zero attached hydrogens (tertiary/aromatic N) is 4. The third-order valence-corrected chi connectivity index (χ3v) is 4.37. The summed E-state index contributed by atoms with van der Waals surface area (Å²) in [6.07, 6.45) is 3.91. The van der Waals surface area contributed by atoms with E-state index in [1.54, 1.807) is 0 Å². The lowest BCUT2D eigenvalue weighted by molar-refractivity contribution is 0.939. The first-order valence-electron chi connectivity index (χ1n) is 6.40. The van der Waals surface area contributed by atoms with Crippen LogP contribution in [0.25, 0.3) is 10.9 Å². The summed E-state index contributed by atoms with van der Waals surface area (Å²) in [4.78, 5) is 12.9. The molecule has 21 heavy (non-hydrogen) atoms. The molecule has 0 aliphatic rings. The van der Waals surface area contributed by atoms with Crippen molar-refractivity contribution in [3.8, 4) is 0 Å². The lowest BCUT2D eigenvalue weighted by atomic mass is 10.2. The van der Waals surface area contributed by atoms with Crippen LogP contribution in [-0.4, -0.2) is 19.5 Å². The van der Waals surface area contributed by atoms with Crippen LogP contribution < -0.4 is 5.73 Å². The number of nitrogens with two attached hydrogens (primary N) is 1. The Labute approximate surface area is 131 Å². The van der Waals surface area contributed by atoms with Crippen molar-refractivity contribution in [2.45, 2.75) is 17.3 Å². The van der Waals surface area contributed by atoms with Crippen LogP contribution in [0.5, 0.6) is 0 Å². The van der Waals surface area contributed by atoms with E-state index in [9.17, 15) is 0 Å². The Morgan fingerprint density at radius 3 is 2.90 bits per heavy atom. The van der Waals surface area contributed by atoms with Gasteiger partial charge < -0.3 is 10.3 Å². The molecule has 0 bridgehead atoms. The number of thioether (sulfide) groups is 1. The first-order chi connectivity index (χ1) is 10.0. The molecule has 3 aromatic rings. The van der Waals surface area contributed by atoms with Gasteiger partial charge in [0, 0.05) is 24.7 Å². The lowest BCUT2D eigenvalue weighted by Crippen LogP contribution is -1.98.